The van der Waals surface area contributed by atoms with Crippen LogP contribution in [-0.4, -0.2) is 17.9 Å². The quantitative estimate of drug-likeness (QED) is 0.747. The van der Waals surface area contributed by atoms with Crippen LogP contribution in [0.2, 0.25) is 0 Å². The second kappa shape index (κ2) is 6.91. The highest BCUT2D eigenvalue weighted by molar-refractivity contribution is 9.10. The molecular formula is C16H15BrClNO. The molecule has 1 atom stereocenters. The molecule has 0 radical (unpaired) electrons. The Kier molecular flexibility index (Phi) is 5.21. The molecule has 104 valence electrons. The minimum atomic E-state index is -0.645. The molecule has 0 spiro atoms. The highest BCUT2D eigenvalue weighted by Gasteiger charge is 2.21. The van der Waals surface area contributed by atoms with Gasteiger partial charge in [-0.2, -0.15) is 0 Å². The molecule has 1 amide bonds. The van der Waals surface area contributed by atoms with Crippen molar-refractivity contribution in [3.63, 3.8) is 0 Å². The number of likely N-dealkylation sites (N-methyl/N-ethyl adjacent to an activating group) is 1. The van der Waals surface area contributed by atoms with Crippen LogP contribution in [0.5, 0.6) is 0 Å². The third kappa shape index (κ3) is 3.84. The third-order valence-corrected chi connectivity index (χ3v) is 3.93. The Morgan fingerprint density at radius 3 is 2.55 bits per heavy atom. The molecule has 2 aromatic rings. The largest absolute Gasteiger partial charge is 0.340 e. The van der Waals surface area contributed by atoms with E-state index in [0.717, 1.165) is 15.6 Å². The van der Waals surface area contributed by atoms with Crippen LogP contribution in [0.3, 0.4) is 0 Å². The molecule has 0 N–H and O–H groups in total. The fraction of sp³-hybridized carbons (Fsp3) is 0.188. The molecule has 2 nitrogen and oxygen atoms in total. The molecular weight excluding hydrogens is 338 g/mol. The van der Waals surface area contributed by atoms with E-state index in [4.69, 9.17) is 11.6 Å². The first-order chi connectivity index (χ1) is 9.58. The molecule has 0 saturated heterocycles. The number of carbonyl (C=O) groups excluding carboxylic acids is 1. The van der Waals surface area contributed by atoms with E-state index in [2.05, 4.69) is 15.9 Å². The smallest absolute Gasteiger partial charge is 0.245 e. The van der Waals surface area contributed by atoms with Crippen LogP contribution in [0.1, 0.15) is 16.5 Å². The average molecular weight is 353 g/mol. The van der Waals surface area contributed by atoms with Gasteiger partial charge in [-0.1, -0.05) is 58.4 Å². The van der Waals surface area contributed by atoms with Crippen molar-refractivity contribution in [2.45, 2.75) is 11.9 Å². The van der Waals surface area contributed by atoms with Crippen molar-refractivity contribution < 1.29 is 4.79 Å². The topological polar surface area (TPSA) is 20.3 Å². The van der Waals surface area contributed by atoms with Gasteiger partial charge < -0.3 is 4.90 Å². The first-order valence-electron chi connectivity index (χ1n) is 6.26. The number of benzene rings is 2. The van der Waals surface area contributed by atoms with Crippen LogP contribution in [0.25, 0.3) is 0 Å². The summed E-state index contributed by atoms with van der Waals surface area (Å²) in [5, 5.41) is -0.645. The molecule has 1 unspecified atom stereocenters. The van der Waals surface area contributed by atoms with E-state index in [9.17, 15) is 4.79 Å². The van der Waals surface area contributed by atoms with Crippen molar-refractivity contribution in [2.75, 3.05) is 7.05 Å². The lowest BCUT2D eigenvalue weighted by molar-refractivity contribution is -0.130. The number of hydrogen-bond donors (Lipinski definition) is 0. The van der Waals surface area contributed by atoms with Gasteiger partial charge in [-0.15, -0.1) is 11.6 Å². The molecule has 0 bridgehead atoms. The fourth-order valence-electron chi connectivity index (χ4n) is 1.95. The minimum absolute atomic E-state index is 0.0992. The number of alkyl halides is 1. The standard InChI is InChI=1S/C16H15BrClNO/c1-19(11-12-6-5-9-14(17)10-12)16(20)15(18)13-7-3-2-4-8-13/h2-10,15H,11H2,1H3. The maximum atomic E-state index is 12.3. The zero-order valence-corrected chi connectivity index (χ0v) is 13.4. The van der Waals surface area contributed by atoms with Gasteiger partial charge in [0.25, 0.3) is 0 Å². The number of carbonyl (C=O) groups is 1. The molecule has 0 saturated carbocycles. The van der Waals surface area contributed by atoms with Gasteiger partial charge in [-0.05, 0) is 23.3 Å². The molecule has 0 aliphatic carbocycles. The van der Waals surface area contributed by atoms with Crippen molar-refractivity contribution in [3.8, 4) is 0 Å². The molecule has 2 aromatic carbocycles. The normalized spacial score (nSPS) is 11.9. The maximum Gasteiger partial charge on any atom is 0.245 e. The second-order valence-electron chi connectivity index (χ2n) is 4.60. The third-order valence-electron chi connectivity index (χ3n) is 2.99. The zero-order valence-electron chi connectivity index (χ0n) is 11.1. The summed E-state index contributed by atoms with van der Waals surface area (Å²) < 4.78 is 1.00. The SMILES string of the molecule is CN(Cc1cccc(Br)c1)C(=O)C(Cl)c1ccccc1. The molecule has 4 heteroatoms. The lowest BCUT2D eigenvalue weighted by Gasteiger charge is -2.20. The van der Waals surface area contributed by atoms with Gasteiger partial charge in [0.1, 0.15) is 5.38 Å². The van der Waals surface area contributed by atoms with Gasteiger partial charge in [0, 0.05) is 18.1 Å². The number of nitrogens with zero attached hydrogens (tertiary/aromatic N) is 1. The summed E-state index contributed by atoms with van der Waals surface area (Å²) in [4.78, 5) is 14.0. The van der Waals surface area contributed by atoms with Crippen LogP contribution in [0, 0.1) is 0 Å². The summed E-state index contributed by atoms with van der Waals surface area (Å²) in [6.45, 7) is 0.536. The van der Waals surface area contributed by atoms with E-state index in [1.54, 1.807) is 11.9 Å². The van der Waals surface area contributed by atoms with Crippen molar-refractivity contribution in [1.29, 1.82) is 0 Å². The first-order valence-corrected chi connectivity index (χ1v) is 7.49. The summed E-state index contributed by atoms with van der Waals surface area (Å²) in [5.74, 6) is -0.0992. The predicted molar refractivity (Wildman–Crippen MR) is 85.7 cm³/mol. The van der Waals surface area contributed by atoms with E-state index < -0.39 is 5.38 Å². The van der Waals surface area contributed by atoms with Crippen LogP contribution in [-0.2, 0) is 11.3 Å². The Morgan fingerprint density at radius 1 is 1.20 bits per heavy atom. The molecule has 0 fully saturated rings. The van der Waals surface area contributed by atoms with E-state index >= 15 is 0 Å². The van der Waals surface area contributed by atoms with Crippen molar-refractivity contribution in [1.82, 2.24) is 4.90 Å². The molecule has 0 heterocycles. The van der Waals surface area contributed by atoms with Crippen molar-refractivity contribution in [2.24, 2.45) is 0 Å². The predicted octanol–water partition coefficient (Wildman–Crippen LogP) is 4.39. The number of amides is 1. The Balaban J connectivity index is 2.05. The Labute approximate surface area is 132 Å². The Bertz CT molecular complexity index is 588. The van der Waals surface area contributed by atoms with Gasteiger partial charge in [0.2, 0.25) is 5.91 Å². The minimum Gasteiger partial charge on any atom is -0.340 e. The fourth-order valence-corrected chi connectivity index (χ4v) is 2.70. The van der Waals surface area contributed by atoms with Gasteiger partial charge in [0.05, 0.1) is 0 Å². The van der Waals surface area contributed by atoms with Crippen LogP contribution < -0.4 is 0 Å². The Morgan fingerprint density at radius 2 is 1.90 bits per heavy atom. The van der Waals surface area contributed by atoms with E-state index in [1.165, 1.54) is 0 Å². The molecule has 20 heavy (non-hydrogen) atoms. The molecule has 0 aliphatic rings. The van der Waals surface area contributed by atoms with Gasteiger partial charge in [-0.3, -0.25) is 4.79 Å². The summed E-state index contributed by atoms with van der Waals surface area (Å²) in [7, 11) is 1.77. The van der Waals surface area contributed by atoms with E-state index in [-0.39, 0.29) is 5.91 Å². The van der Waals surface area contributed by atoms with Crippen molar-refractivity contribution in [3.05, 3.63) is 70.2 Å². The van der Waals surface area contributed by atoms with E-state index in [0.29, 0.717) is 6.54 Å². The zero-order chi connectivity index (χ0) is 14.5. The number of hydrogen-bond acceptors (Lipinski definition) is 1. The molecule has 0 aromatic heterocycles. The van der Waals surface area contributed by atoms with Crippen LogP contribution in [0.15, 0.2) is 59.1 Å². The molecule has 0 aliphatic heterocycles. The van der Waals surface area contributed by atoms with Gasteiger partial charge in [-0.25, -0.2) is 0 Å². The Hall–Kier alpha value is -1.32. The van der Waals surface area contributed by atoms with Gasteiger partial charge in [0.15, 0.2) is 0 Å². The number of rotatable bonds is 4. The molecule has 2 rings (SSSR count). The first kappa shape index (κ1) is 15.1. The lowest BCUT2D eigenvalue weighted by Crippen LogP contribution is -2.29. The highest BCUT2D eigenvalue weighted by atomic mass is 79.9. The summed E-state index contributed by atoms with van der Waals surface area (Å²) in [6.07, 6.45) is 0. The maximum absolute atomic E-state index is 12.3. The number of halogens is 2. The average Bonchev–Trinajstić information content (AvgIpc) is 2.46. The van der Waals surface area contributed by atoms with Gasteiger partial charge >= 0.3 is 0 Å². The summed E-state index contributed by atoms with van der Waals surface area (Å²) in [5.41, 5.74) is 1.88. The highest BCUT2D eigenvalue weighted by Crippen LogP contribution is 2.23. The lowest BCUT2D eigenvalue weighted by atomic mass is 10.1. The second-order valence-corrected chi connectivity index (χ2v) is 5.95. The monoisotopic (exact) mass is 351 g/mol. The van der Waals surface area contributed by atoms with Crippen molar-refractivity contribution >= 4 is 33.4 Å². The van der Waals surface area contributed by atoms with Crippen LogP contribution in [0.4, 0.5) is 0 Å². The summed E-state index contributed by atoms with van der Waals surface area (Å²) in [6, 6.07) is 17.3. The summed E-state index contributed by atoms with van der Waals surface area (Å²) >= 11 is 9.67. The van der Waals surface area contributed by atoms with Crippen LogP contribution >= 0.6 is 27.5 Å². The van der Waals surface area contributed by atoms with E-state index in [1.807, 2.05) is 54.6 Å².